The first kappa shape index (κ1) is 10.3. The van der Waals surface area contributed by atoms with E-state index in [9.17, 15) is 5.11 Å². The molecule has 4 N–H and O–H groups in total. The van der Waals surface area contributed by atoms with E-state index in [1.165, 1.54) is 5.56 Å². The minimum absolute atomic E-state index is 0.243. The second kappa shape index (κ2) is 3.87. The van der Waals surface area contributed by atoms with E-state index in [0.29, 0.717) is 6.54 Å². The summed E-state index contributed by atoms with van der Waals surface area (Å²) in [7, 11) is 0. The standard InChI is InChI=1S/C12H14N4O/c13-5-11-10-6-14-7-12(10)16(15-11)8-2-1-3-9(17)4-8/h1-4,14,17H,5-7,13H2. The SMILES string of the molecule is NCc1nn(-c2cccc(O)c2)c2c1CNC2. The second-order valence-electron chi connectivity index (χ2n) is 4.11. The Bertz CT molecular complexity index is 562. The number of hydrogen-bond donors (Lipinski definition) is 3. The van der Waals surface area contributed by atoms with Crippen molar-refractivity contribution >= 4 is 0 Å². The third-order valence-electron chi connectivity index (χ3n) is 3.03. The van der Waals surface area contributed by atoms with Crippen LogP contribution in [0.3, 0.4) is 0 Å². The molecule has 5 nitrogen and oxygen atoms in total. The van der Waals surface area contributed by atoms with Crippen LogP contribution in [0.25, 0.3) is 5.69 Å². The lowest BCUT2D eigenvalue weighted by Crippen LogP contribution is -2.09. The fraction of sp³-hybridized carbons (Fsp3) is 0.250. The summed E-state index contributed by atoms with van der Waals surface area (Å²) >= 11 is 0. The largest absolute Gasteiger partial charge is 0.508 e. The highest BCUT2D eigenvalue weighted by Crippen LogP contribution is 2.24. The molecule has 2 aromatic rings. The Kier molecular flexibility index (Phi) is 2.35. The lowest BCUT2D eigenvalue weighted by atomic mass is 10.2. The Morgan fingerprint density at radius 1 is 1.41 bits per heavy atom. The van der Waals surface area contributed by atoms with E-state index in [0.717, 1.165) is 30.2 Å². The third-order valence-corrected chi connectivity index (χ3v) is 3.03. The lowest BCUT2D eigenvalue weighted by molar-refractivity contribution is 0.474. The first-order valence-corrected chi connectivity index (χ1v) is 5.59. The highest BCUT2D eigenvalue weighted by Gasteiger charge is 2.21. The van der Waals surface area contributed by atoms with Gasteiger partial charge in [-0.05, 0) is 12.1 Å². The molecule has 0 spiro atoms. The van der Waals surface area contributed by atoms with Gasteiger partial charge in [0.05, 0.1) is 17.1 Å². The van der Waals surface area contributed by atoms with E-state index in [4.69, 9.17) is 5.73 Å². The summed E-state index contributed by atoms with van der Waals surface area (Å²) in [4.78, 5) is 0. The van der Waals surface area contributed by atoms with E-state index in [-0.39, 0.29) is 5.75 Å². The number of aromatic hydroxyl groups is 1. The zero-order valence-electron chi connectivity index (χ0n) is 9.35. The van der Waals surface area contributed by atoms with Gasteiger partial charge in [0.1, 0.15) is 5.75 Å². The molecule has 0 amide bonds. The van der Waals surface area contributed by atoms with Crippen LogP contribution in [0.1, 0.15) is 17.0 Å². The Labute approximate surface area is 98.9 Å². The minimum atomic E-state index is 0.243. The average Bonchev–Trinajstić information content (AvgIpc) is 2.89. The van der Waals surface area contributed by atoms with Gasteiger partial charge in [-0.2, -0.15) is 5.10 Å². The number of aromatic nitrogens is 2. The number of nitrogens with zero attached hydrogens (tertiary/aromatic N) is 2. The maximum atomic E-state index is 9.51. The zero-order valence-corrected chi connectivity index (χ0v) is 9.35. The van der Waals surface area contributed by atoms with Crippen LogP contribution >= 0.6 is 0 Å². The molecule has 1 aliphatic heterocycles. The summed E-state index contributed by atoms with van der Waals surface area (Å²) in [6.07, 6.45) is 0. The number of fused-ring (bicyclic) bond motifs is 1. The average molecular weight is 230 g/mol. The van der Waals surface area contributed by atoms with Gasteiger partial charge in [0.15, 0.2) is 0 Å². The summed E-state index contributed by atoms with van der Waals surface area (Å²) < 4.78 is 1.86. The molecule has 5 heteroatoms. The number of benzene rings is 1. The van der Waals surface area contributed by atoms with Crippen LogP contribution in [0, 0.1) is 0 Å². The molecule has 0 radical (unpaired) electrons. The summed E-state index contributed by atoms with van der Waals surface area (Å²) in [5, 5.41) is 17.3. The predicted molar refractivity (Wildman–Crippen MR) is 63.7 cm³/mol. The van der Waals surface area contributed by atoms with Gasteiger partial charge in [0.2, 0.25) is 0 Å². The van der Waals surface area contributed by atoms with Crippen molar-refractivity contribution in [2.75, 3.05) is 0 Å². The molecular weight excluding hydrogens is 216 g/mol. The topological polar surface area (TPSA) is 76.1 Å². The van der Waals surface area contributed by atoms with Gasteiger partial charge < -0.3 is 16.2 Å². The Morgan fingerprint density at radius 2 is 2.29 bits per heavy atom. The van der Waals surface area contributed by atoms with E-state index < -0.39 is 0 Å². The highest BCUT2D eigenvalue weighted by molar-refractivity contribution is 5.42. The van der Waals surface area contributed by atoms with Crippen molar-refractivity contribution in [2.24, 2.45) is 5.73 Å². The number of phenols is 1. The van der Waals surface area contributed by atoms with Crippen molar-refractivity contribution in [1.82, 2.24) is 15.1 Å². The van der Waals surface area contributed by atoms with Gasteiger partial charge >= 0.3 is 0 Å². The monoisotopic (exact) mass is 230 g/mol. The summed E-state index contributed by atoms with van der Waals surface area (Å²) in [6, 6.07) is 7.08. The van der Waals surface area contributed by atoms with Crippen molar-refractivity contribution in [1.29, 1.82) is 0 Å². The molecule has 3 rings (SSSR count). The first-order chi connectivity index (χ1) is 8.29. The van der Waals surface area contributed by atoms with Crippen molar-refractivity contribution in [3.05, 3.63) is 41.2 Å². The van der Waals surface area contributed by atoms with Crippen LogP contribution in [-0.4, -0.2) is 14.9 Å². The fourth-order valence-electron chi connectivity index (χ4n) is 2.23. The highest BCUT2D eigenvalue weighted by atomic mass is 16.3. The first-order valence-electron chi connectivity index (χ1n) is 5.59. The van der Waals surface area contributed by atoms with Gasteiger partial charge in [0, 0.05) is 31.3 Å². The second-order valence-corrected chi connectivity index (χ2v) is 4.11. The van der Waals surface area contributed by atoms with Crippen LogP contribution in [0.5, 0.6) is 5.75 Å². The summed E-state index contributed by atoms with van der Waals surface area (Å²) in [5.74, 6) is 0.243. The fourth-order valence-corrected chi connectivity index (χ4v) is 2.23. The molecular formula is C12H14N4O. The summed E-state index contributed by atoms with van der Waals surface area (Å²) in [5.41, 5.74) is 9.81. The van der Waals surface area contributed by atoms with Crippen LogP contribution in [0.2, 0.25) is 0 Å². The quantitative estimate of drug-likeness (QED) is 0.707. The minimum Gasteiger partial charge on any atom is -0.508 e. The third kappa shape index (κ3) is 1.60. The maximum absolute atomic E-state index is 9.51. The van der Waals surface area contributed by atoms with E-state index in [1.807, 2.05) is 16.8 Å². The molecule has 17 heavy (non-hydrogen) atoms. The van der Waals surface area contributed by atoms with Crippen LogP contribution in [-0.2, 0) is 19.6 Å². The van der Waals surface area contributed by atoms with E-state index >= 15 is 0 Å². The molecule has 0 bridgehead atoms. The molecule has 1 aromatic carbocycles. The van der Waals surface area contributed by atoms with Crippen LogP contribution in [0.15, 0.2) is 24.3 Å². The smallest absolute Gasteiger partial charge is 0.117 e. The van der Waals surface area contributed by atoms with Gasteiger partial charge in [-0.15, -0.1) is 0 Å². The normalized spacial score (nSPS) is 13.9. The predicted octanol–water partition coefficient (Wildman–Crippen LogP) is 0.640. The molecule has 2 heterocycles. The number of nitrogens with two attached hydrogens (primary N) is 1. The van der Waals surface area contributed by atoms with Gasteiger partial charge in [-0.25, -0.2) is 4.68 Å². The van der Waals surface area contributed by atoms with Crippen molar-refractivity contribution in [3.8, 4) is 11.4 Å². The van der Waals surface area contributed by atoms with Crippen molar-refractivity contribution in [3.63, 3.8) is 0 Å². The van der Waals surface area contributed by atoms with Gasteiger partial charge in [-0.1, -0.05) is 6.07 Å². The molecule has 0 fully saturated rings. The molecule has 0 atom stereocenters. The van der Waals surface area contributed by atoms with E-state index in [1.54, 1.807) is 12.1 Å². The number of hydrogen-bond acceptors (Lipinski definition) is 4. The van der Waals surface area contributed by atoms with Crippen molar-refractivity contribution < 1.29 is 5.11 Å². The molecule has 0 unspecified atom stereocenters. The lowest BCUT2D eigenvalue weighted by Gasteiger charge is -2.05. The van der Waals surface area contributed by atoms with E-state index in [2.05, 4.69) is 10.4 Å². The maximum Gasteiger partial charge on any atom is 0.117 e. The number of phenolic OH excluding ortho intramolecular Hbond substituents is 1. The summed E-state index contributed by atoms with van der Waals surface area (Å²) in [6.45, 7) is 2.05. The van der Waals surface area contributed by atoms with Crippen LogP contribution < -0.4 is 11.1 Å². The van der Waals surface area contributed by atoms with Crippen molar-refractivity contribution in [2.45, 2.75) is 19.6 Å². The Balaban J connectivity index is 2.15. The van der Waals surface area contributed by atoms with Gasteiger partial charge in [0.25, 0.3) is 0 Å². The Morgan fingerprint density at radius 3 is 3.06 bits per heavy atom. The number of nitrogens with one attached hydrogen (secondary N) is 1. The molecule has 0 aliphatic carbocycles. The molecule has 1 aromatic heterocycles. The number of rotatable bonds is 2. The van der Waals surface area contributed by atoms with Gasteiger partial charge in [-0.3, -0.25) is 0 Å². The molecule has 0 saturated carbocycles. The molecule has 1 aliphatic rings. The molecule has 88 valence electrons. The Hall–Kier alpha value is -1.85. The zero-order chi connectivity index (χ0) is 11.8. The molecule has 0 saturated heterocycles. The van der Waals surface area contributed by atoms with Crippen LogP contribution in [0.4, 0.5) is 0 Å².